The van der Waals surface area contributed by atoms with Crippen LogP contribution in [0.2, 0.25) is 0 Å². The van der Waals surface area contributed by atoms with Gasteiger partial charge in [-0.05, 0) is 74.3 Å². The van der Waals surface area contributed by atoms with Crippen molar-refractivity contribution >= 4 is 18.0 Å². The van der Waals surface area contributed by atoms with Gasteiger partial charge in [0.1, 0.15) is 6.04 Å². The Morgan fingerprint density at radius 3 is 2.50 bits per heavy atom. The van der Waals surface area contributed by atoms with E-state index in [9.17, 15) is 28.4 Å². The quantitative estimate of drug-likeness (QED) is 0.491. The molecule has 2 N–H and O–H groups in total. The van der Waals surface area contributed by atoms with E-state index in [0.717, 1.165) is 67.5 Å². The minimum atomic E-state index is -1.31. The lowest BCUT2D eigenvalue weighted by atomic mass is 9.80. The molecule has 2 aromatic carbocycles. The van der Waals surface area contributed by atoms with Crippen molar-refractivity contribution in [2.24, 2.45) is 0 Å². The van der Waals surface area contributed by atoms with Crippen molar-refractivity contribution in [2.75, 3.05) is 20.2 Å². The Morgan fingerprint density at radius 1 is 1.07 bits per heavy atom. The van der Waals surface area contributed by atoms with Crippen LogP contribution in [0, 0.1) is 23.0 Å². The maximum absolute atomic E-state index is 14.2. The van der Waals surface area contributed by atoms with Gasteiger partial charge in [-0.25, -0.2) is 28.1 Å². The van der Waals surface area contributed by atoms with Crippen LogP contribution in [0.15, 0.2) is 53.7 Å². The van der Waals surface area contributed by atoms with E-state index in [2.05, 4.69) is 21.6 Å². The maximum atomic E-state index is 14.2. The van der Waals surface area contributed by atoms with Gasteiger partial charge in [0.15, 0.2) is 11.6 Å². The van der Waals surface area contributed by atoms with Crippen LogP contribution in [0.4, 0.5) is 18.4 Å². The van der Waals surface area contributed by atoms with Crippen LogP contribution in [0.1, 0.15) is 67.7 Å². The van der Waals surface area contributed by atoms with Crippen molar-refractivity contribution in [1.82, 2.24) is 20.4 Å². The summed E-state index contributed by atoms with van der Waals surface area (Å²) in [4.78, 5) is 42.6. The maximum Gasteiger partial charge on any atom is 0.337 e. The lowest BCUT2D eigenvalue weighted by Gasteiger charge is -2.37. The van der Waals surface area contributed by atoms with Gasteiger partial charge in [0, 0.05) is 30.9 Å². The Bertz CT molecular complexity index is 1460. The molecule has 4 amide bonds. The Hall–Kier alpha value is -4.30. The number of nitriles is 1. The average molecular weight is 578 g/mol. The second-order valence-electron chi connectivity index (χ2n) is 11.0. The van der Waals surface area contributed by atoms with Crippen LogP contribution in [-0.2, 0) is 9.53 Å². The number of hydrogen-bond acceptors (Lipinski definition) is 6. The predicted molar refractivity (Wildman–Crippen MR) is 149 cm³/mol. The van der Waals surface area contributed by atoms with Crippen LogP contribution in [0.5, 0.6) is 0 Å². The van der Waals surface area contributed by atoms with E-state index in [1.165, 1.54) is 13.0 Å². The van der Waals surface area contributed by atoms with E-state index in [1.807, 2.05) is 24.3 Å². The van der Waals surface area contributed by atoms with Gasteiger partial charge in [-0.1, -0.05) is 24.3 Å². The first kappa shape index (κ1) is 29.2. The highest BCUT2D eigenvalue weighted by Gasteiger charge is 2.43. The van der Waals surface area contributed by atoms with Gasteiger partial charge in [-0.15, -0.1) is 0 Å². The van der Waals surface area contributed by atoms with Crippen molar-refractivity contribution in [3.8, 4) is 6.07 Å². The summed E-state index contributed by atoms with van der Waals surface area (Å²) in [6, 6.07) is 10.3. The summed E-state index contributed by atoms with van der Waals surface area (Å²) in [7, 11) is 1.16. The SMILES string of the molecule is COC(=O)C1=C(C)NC(=O)N(C(=O)NC2CCN(C3CCC(c4ccccc4C#N)CC3)C2)C1c1ccc(F)c(F)c1. The lowest BCUT2D eigenvalue weighted by Crippen LogP contribution is -2.56. The number of rotatable bonds is 5. The number of imide groups is 1. The number of allylic oxidation sites excluding steroid dienone is 1. The van der Waals surface area contributed by atoms with Crippen molar-refractivity contribution in [1.29, 1.82) is 5.26 Å². The fourth-order valence-corrected chi connectivity index (χ4v) is 6.51. The monoisotopic (exact) mass is 577 g/mol. The highest BCUT2D eigenvalue weighted by Crippen LogP contribution is 2.38. The number of benzene rings is 2. The minimum absolute atomic E-state index is 0.0546. The fourth-order valence-electron chi connectivity index (χ4n) is 6.51. The molecule has 220 valence electrons. The summed E-state index contributed by atoms with van der Waals surface area (Å²) < 4.78 is 32.9. The van der Waals surface area contributed by atoms with E-state index >= 15 is 0 Å². The molecule has 2 unspecified atom stereocenters. The Labute approximate surface area is 243 Å². The van der Waals surface area contributed by atoms with Crippen LogP contribution in [-0.4, -0.2) is 60.1 Å². The second-order valence-corrected chi connectivity index (χ2v) is 11.0. The molecule has 2 aromatic rings. The molecule has 9 nitrogen and oxygen atoms in total. The molecule has 0 aromatic heterocycles. The molecule has 2 aliphatic heterocycles. The smallest absolute Gasteiger partial charge is 0.337 e. The third kappa shape index (κ3) is 5.72. The second kappa shape index (κ2) is 12.3. The van der Waals surface area contributed by atoms with Crippen molar-refractivity contribution < 1.29 is 27.9 Å². The highest BCUT2D eigenvalue weighted by atomic mass is 19.2. The number of ether oxygens (including phenoxy) is 1. The molecular weight excluding hydrogens is 544 g/mol. The van der Waals surface area contributed by atoms with Crippen molar-refractivity contribution in [2.45, 2.75) is 63.1 Å². The van der Waals surface area contributed by atoms with Gasteiger partial charge in [0.25, 0.3) is 0 Å². The number of carbonyl (C=O) groups is 3. The van der Waals surface area contributed by atoms with E-state index in [4.69, 9.17) is 4.74 Å². The molecule has 1 saturated heterocycles. The highest BCUT2D eigenvalue weighted by molar-refractivity contribution is 6.01. The zero-order valence-corrected chi connectivity index (χ0v) is 23.5. The molecule has 0 radical (unpaired) electrons. The van der Waals surface area contributed by atoms with Crippen LogP contribution >= 0.6 is 0 Å². The Morgan fingerprint density at radius 2 is 1.81 bits per heavy atom. The summed E-state index contributed by atoms with van der Waals surface area (Å²) in [5, 5.41) is 14.9. The molecule has 1 aliphatic carbocycles. The molecule has 42 heavy (non-hydrogen) atoms. The molecule has 0 bridgehead atoms. The Balaban J connectivity index is 1.27. The van der Waals surface area contributed by atoms with Gasteiger partial charge in [-0.2, -0.15) is 5.26 Å². The molecule has 3 aliphatic rings. The van der Waals surface area contributed by atoms with Gasteiger partial charge in [-0.3, -0.25) is 4.90 Å². The molecule has 2 heterocycles. The third-order valence-corrected chi connectivity index (χ3v) is 8.61. The summed E-state index contributed by atoms with van der Waals surface area (Å²) in [6.07, 6.45) is 4.58. The normalized spacial score (nSPS) is 24.6. The summed E-state index contributed by atoms with van der Waals surface area (Å²) in [5.74, 6) is -2.72. The number of nitrogens with zero attached hydrogens (tertiary/aromatic N) is 3. The van der Waals surface area contributed by atoms with Crippen molar-refractivity contribution in [3.63, 3.8) is 0 Å². The van der Waals surface area contributed by atoms with Crippen LogP contribution < -0.4 is 10.6 Å². The van der Waals surface area contributed by atoms with Gasteiger partial charge >= 0.3 is 18.0 Å². The van der Waals surface area contributed by atoms with Gasteiger partial charge < -0.3 is 15.4 Å². The summed E-state index contributed by atoms with van der Waals surface area (Å²) in [5.41, 5.74) is 2.00. The van der Waals surface area contributed by atoms with E-state index in [0.29, 0.717) is 24.9 Å². The summed E-state index contributed by atoms with van der Waals surface area (Å²) in [6.45, 7) is 2.86. The third-order valence-electron chi connectivity index (χ3n) is 8.61. The number of esters is 1. The zero-order chi connectivity index (χ0) is 30.0. The molecule has 1 saturated carbocycles. The number of methoxy groups -OCH3 is 1. The number of urea groups is 2. The standard InChI is InChI=1S/C31H33F2N5O4/c1-18-27(29(39)42-2)28(20-9-12-25(32)26(33)15-20)38(30(40)35-18)31(41)36-22-13-14-37(17-22)23-10-7-19(8-11-23)24-6-4-3-5-21(24)16-34/h3-6,9,12,15,19,22-23,28H,7-8,10-11,13-14,17H2,1-2H3,(H,35,40)(H,36,41). The lowest BCUT2D eigenvalue weighted by molar-refractivity contribution is -0.136. The van der Waals surface area contributed by atoms with Gasteiger partial charge in [0.2, 0.25) is 0 Å². The summed E-state index contributed by atoms with van der Waals surface area (Å²) >= 11 is 0. The fraction of sp³-hybridized carbons (Fsp3) is 0.419. The average Bonchev–Trinajstić information content (AvgIpc) is 3.46. The van der Waals surface area contributed by atoms with Crippen LogP contribution in [0.25, 0.3) is 0 Å². The largest absolute Gasteiger partial charge is 0.466 e. The molecule has 11 heteroatoms. The minimum Gasteiger partial charge on any atom is -0.466 e. The number of nitrogens with one attached hydrogen (secondary N) is 2. The molecular formula is C31H33F2N5O4. The number of hydrogen-bond donors (Lipinski definition) is 2. The van der Waals surface area contributed by atoms with E-state index in [1.54, 1.807) is 0 Å². The molecule has 2 atom stereocenters. The van der Waals surface area contributed by atoms with Crippen molar-refractivity contribution in [3.05, 3.63) is 82.1 Å². The topological polar surface area (TPSA) is 115 Å². The number of amides is 4. The number of halogens is 2. The number of likely N-dealkylation sites (tertiary alicyclic amines) is 1. The molecule has 0 spiro atoms. The number of carbonyl (C=O) groups excluding carboxylic acids is 3. The zero-order valence-electron chi connectivity index (χ0n) is 23.5. The van der Waals surface area contributed by atoms with Crippen LogP contribution in [0.3, 0.4) is 0 Å². The first-order chi connectivity index (χ1) is 20.2. The Kier molecular flexibility index (Phi) is 8.54. The van der Waals surface area contributed by atoms with Gasteiger partial charge in [0.05, 0.1) is 24.3 Å². The predicted octanol–water partition coefficient (Wildman–Crippen LogP) is 4.86. The molecule has 5 rings (SSSR count). The molecule has 2 fully saturated rings. The van der Waals surface area contributed by atoms with E-state index < -0.39 is 35.7 Å². The first-order valence-corrected chi connectivity index (χ1v) is 14.1. The first-order valence-electron chi connectivity index (χ1n) is 14.1. The van der Waals surface area contributed by atoms with E-state index in [-0.39, 0.29) is 22.9 Å².